The van der Waals surface area contributed by atoms with Gasteiger partial charge in [-0.1, -0.05) is 11.6 Å². The number of carbonyl (C=O) groups is 1. The highest BCUT2D eigenvalue weighted by Gasteiger charge is 2.11. The Balaban J connectivity index is 2.08. The molecule has 1 aromatic heterocycles. The molecule has 18 heavy (non-hydrogen) atoms. The molecule has 2 rings (SSSR count). The smallest absolute Gasteiger partial charge is 0.253 e. The molecule has 0 aliphatic carbocycles. The summed E-state index contributed by atoms with van der Waals surface area (Å²) in [6, 6.07) is 4.77. The molecule has 1 heterocycles. The highest BCUT2D eigenvalue weighted by Crippen LogP contribution is 2.18. The van der Waals surface area contributed by atoms with Crippen molar-refractivity contribution in [2.75, 3.05) is 5.73 Å². The number of benzene rings is 1. The molecule has 0 aliphatic heterocycles. The zero-order chi connectivity index (χ0) is 13.1. The van der Waals surface area contributed by atoms with Gasteiger partial charge in [-0.15, -0.1) is 10.2 Å². The van der Waals surface area contributed by atoms with Gasteiger partial charge >= 0.3 is 0 Å². The van der Waals surface area contributed by atoms with E-state index in [1.807, 2.05) is 0 Å². The molecule has 0 unspecified atom stereocenters. The zero-order valence-electron chi connectivity index (χ0n) is 9.72. The van der Waals surface area contributed by atoms with Gasteiger partial charge in [-0.25, -0.2) is 0 Å². The van der Waals surface area contributed by atoms with E-state index in [1.165, 1.54) is 6.07 Å². The fourth-order valence-electron chi connectivity index (χ4n) is 1.44. The summed E-state index contributed by atoms with van der Waals surface area (Å²) in [5.74, 6) is 0.360. The lowest BCUT2D eigenvalue weighted by atomic mass is 10.2. The predicted octanol–water partition coefficient (Wildman–Crippen LogP) is 0.981. The fraction of sp³-hybridized carbons (Fsp3) is 0.182. The number of aromatic nitrogens is 3. The van der Waals surface area contributed by atoms with E-state index in [-0.39, 0.29) is 12.5 Å². The molecule has 0 saturated carbocycles. The minimum Gasteiger partial charge on any atom is -0.399 e. The number of anilines is 1. The van der Waals surface area contributed by atoms with Crippen molar-refractivity contribution in [1.82, 2.24) is 20.1 Å². The molecule has 0 radical (unpaired) electrons. The monoisotopic (exact) mass is 265 g/mol. The highest BCUT2D eigenvalue weighted by atomic mass is 35.5. The number of hydrogen-bond acceptors (Lipinski definition) is 4. The van der Waals surface area contributed by atoms with Crippen molar-refractivity contribution < 1.29 is 4.79 Å². The third-order valence-corrected chi connectivity index (χ3v) is 2.78. The molecule has 6 nitrogen and oxygen atoms in total. The summed E-state index contributed by atoms with van der Waals surface area (Å²) in [6.07, 6.45) is 1.56. The lowest BCUT2D eigenvalue weighted by molar-refractivity contribution is 0.0950. The number of halogens is 1. The zero-order valence-corrected chi connectivity index (χ0v) is 10.5. The van der Waals surface area contributed by atoms with Crippen LogP contribution in [-0.2, 0) is 13.6 Å². The number of aryl methyl sites for hydroxylation is 1. The van der Waals surface area contributed by atoms with Crippen LogP contribution in [0.4, 0.5) is 5.69 Å². The van der Waals surface area contributed by atoms with Crippen LogP contribution in [0.2, 0.25) is 5.02 Å². The van der Waals surface area contributed by atoms with Gasteiger partial charge < -0.3 is 15.6 Å². The Morgan fingerprint density at radius 3 is 3.00 bits per heavy atom. The van der Waals surface area contributed by atoms with Crippen LogP contribution in [-0.4, -0.2) is 20.7 Å². The van der Waals surface area contributed by atoms with Gasteiger partial charge in [0.15, 0.2) is 5.82 Å². The van der Waals surface area contributed by atoms with E-state index < -0.39 is 0 Å². The molecule has 0 fully saturated rings. The first-order valence-electron chi connectivity index (χ1n) is 5.24. The maximum atomic E-state index is 11.9. The van der Waals surface area contributed by atoms with E-state index in [0.717, 1.165) is 0 Å². The van der Waals surface area contributed by atoms with Gasteiger partial charge in [0.05, 0.1) is 17.1 Å². The lowest BCUT2D eigenvalue weighted by Gasteiger charge is -2.07. The van der Waals surface area contributed by atoms with Gasteiger partial charge in [0.2, 0.25) is 0 Å². The van der Waals surface area contributed by atoms with Crippen molar-refractivity contribution in [2.24, 2.45) is 7.05 Å². The Bertz CT molecular complexity index is 581. The van der Waals surface area contributed by atoms with Gasteiger partial charge in [0, 0.05) is 12.7 Å². The summed E-state index contributed by atoms with van der Waals surface area (Å²) in [7, 11) is 1.80. The molecule has 7 heteroatoms. The Morgan fingerprint density at radius 2 is 2.33 bits per heavy atom. The fourth-order valence-corrected chi connectivity index (χ4v) is 1.64. The second kappa shape index (κ2) is 5.05. The molecule has 0 spiro atoms. The van der Waals surface area contributed by atoms with Gasteiger partial charge in [-0.05, 0) is 18.2 Å². The maximum absolute atomic E-state index is 11.9. The summed E-state index contributed by atoms with van der Waals surface area (Å²) in [4.78, 5) is 11.9. The van der Waals surface area contributed by atoms with Crippen molar-refractivity contribution in [3.63, 3.8) is 0 Å². The van der Waals surface area contributed by atoms with E-state index in [9.17, 15) is 4.79 Å². The largest absolute Gasteiger partial charge is 0.399 e. The third-order valence-electron chi connectivity index (χ3n) is 2.45. The molecule has 3 N–H and O–H groups in total. The Morgan fingerprint density at radius 1 is 1.56 bits per heavy atom. The minimum atomic E-state index is -0.296. The number of nitrogen functional groups attached to an aromatic ring is 1. The Labute approximate surface area is 109 Å². The van der Waals surface area contributed by atoms with E-state index in [0.29, 0.717) is 22.1 Å². The van der Waals surface area contributed by atoms with Crippen molar-refractivity contribution in [2.45, 2.75) is 6.54 Å². The Kier molecular flexibility index (Phi) is 3.47. The highest BCUT2D eigenvalue weighted by molar-refractivity contribution is 6.34. The van der Waals surface area contributed by atoms with Gasteiger partial charge in [-0.3, -0.25) is 4.79 Å². The number of nitrogens with two attached hydrogens (primary N) is 1. The van der Waals surface area contributed by atoms with Crippen LogP contribution >= 0.6 is 11.6 Å². The van der Waals surface area contributed by atoms with Crippen molar-refractivity contribution in [1.29, 1.82) is 0 Å². The first-order chi connectivity index (χ1) is 8.58. The van der Waals surface area contributed by atoms with Gasteiger partial charge in [-0.2, -0.15) is 0 Å². The predicted molar refractivity (Wildman–Crippen MR) is 68.0 cm³/mol. The van der Waals surface area contributed by atoms with Crippen LogP contribution in [0.3, 0.4) is 0 Å². The van der Waals surface area contributed by atoms with Gasteiger partial charge in [0.25, 0.3) is 5.91 Å². The molecule has 0 saturated heterocycles. The van der Waals surface area contributed by atoms with Crippen molar-refractivity contribution in [3.05, 3.63) is 40.9 Å². The molecule has 0 atom stereocenters. The molecule has 1 aromatic carbocycles. The second-order valence-electron chi connectivity index (χ2n) is 3.78. The number of rotatable bonds is 3. The van der Waals surface area contributed by atoms with Gasteiger partial charge in [0.1, 0.15) is 6.33 Å². The van der Waals surface area contributed by atoms with Crippen LogP contribution in [0.15, 0.2) is 24.5 Å². The third kappa shape index (κ3) is 2.60. The summed E-state index contributed by atoms with van der Waals surface area (Å²) < 4.78 is 1.72. The van der Waals surface area contributed by atoms with Crippen LogP contribution in [0, 0.1) is 0 Å². The first-order valence-corrected chi connectivity index (χ1v) is 5.62. The molecule has 0 bridgehead atoms. The normalized spacial score (nSPS) is 10.3. The SMILES string of the molecule is Cn1cnnc1CNC(=O)c1cc(N)ccc1Cl. The average Bonchev–Trinajstić information content (AvgIpc) is 2.75. The van der Waals surface area contributed by atoms with Crippen LogP contribution < -0.4 is 11.1 Å². The van der Waals surface area contributed by atoms with E-state index >= 15 is 0 Å². The molecule has 0 aliphatic rings. The van der Waals surface area contributed by atoms with Crippen molar-refractivity contribution >= 4 is 23.2 Å². The number of carbonyl (C=O) groups excluding carboxylic acids is 1. The molecular weight excluding hydrogens is 254 g/mol. The summed E-state index contributed by atoms with van der Waals surface area (Å²) >= 11 is 5.93. The summed E-state index contributed by atoms with van der Waals surface area (Å²) in [5.41, 5.74) is 6.45. The second-order valence-corrected chi connectivity index (χ2v) is 4.19. The lowest BCUT2D eigenvalue weighted by Crippen LogP contribution is -2.24. The number of amides is 1. The van der Waals surface area contributed by atoms with Crippen molar-refractivity contribution in [3.8, 4) is 0 Å². The average molecular weight is 266 g/mol. The summed E-state index contributed by atoms with van der Waals surface area (Å²) in [5, 5.41) is 10.7. The van der Waals surface area contributed by atoms with Crippen LogP contribution in [0.5, 0.6) is 0 Å². The number of hydrogen-bond donors (Lipinski definition) is 2. The number of nitrogens with zero attached hydrogens (tertiary/aromatic N) is 3. The minimum absolute atomic E-state index is 0.278. The van der Waals surface area contributed by atoms with Crippen LogP contribution in [0.1, 0.15) is 16.2 Å². The topological polar surface area (TPSA) is 85.8 Å². The molecular formula is C11H12ClN5O. The van der Waals surface area contributed by atoms with E-state index in [4.69, 9.17) is 17.3 Å². The Hall–Kier alpha value is -2.08. The van der Waals surface area contributed by atoms with E-state index in [2.05, 4.69) is 15.5 Å². The first kappa shape index (κ1) is 12.4. The quantitative estimate of drug-likeness (QED) is 0.810. The molecule has 2 aromatic rings. The molecule has 1 amide bonds. The molecule has 94 valence electrons. The van der Waals surface area contributed by atoms with E-state index in [1.54, 1.807) is 30.1 Å². The summed E-state index contributed by atoms with van der Waals surface area (Å²) in [6.45, 7) is 0.278. The standard InChI is InChI=1S/C11H12ClN5O/c1-17-6-15-16-10(17)5-14-11(18)8-4-7(13)2-3-9(8)12/h2-4,6H,5,13H2,1H3,(H,14,18). The van der Waals surface area contributed by atoms with Crippen LogP contribution in [0.25, 0.3) is 0 Å². The number of nitrogens with one attached hydrogen (secondary N) is 1. The maximum Gasteiger partial charge on any atom is 0.253 e.